The Hall–Kier alpha value is -2.17. The summed E-state index contributed by atoms with van der Waals surface area (Å²) in [5, 5.41) is 0. The molecule has 0 bridgehead atoms. The Labute approximate surface area is 113 Å². The van der Waals surface area contributed by atoms with Crippen LogP contribution in [-0.2, 0) is 6.54 Å². The van der Waals surface area contributed by atoms with Gasteiger partial charge in [-0.1, -0.05) is 0 Å². The van der Waals surface area contributed by atoms with E-state index in [2.05, 4.69) is 4.98 Å². The van der Waals surface area contributed by atoms with Gasteiger partial charge in [0, 0.05) is 12.1 Å². The lowest BCUT2D eigenvalue weighted by Gasteiger charge is -2.09. The minimum absolute atomic E-state index is 0.670. The van der Waals surface area contributed by atoms with E-state index in [4.69, 9.17) is 15.2 Å². The average molecular weight is 261 g/mol. The maximum atomic E-state index is 6.14. The molecule has 102 valence electrons. The summed E-state index contributed by atoms with van der Waals surface area (Å²) in [5.74, 6) is 2.94. The van der Waals surface area contributed by atoms with Crippen LogP contribution in [0.5, 0.6) is 11.5 Å². The molecule has 0 radical (unpaired) electrons. The zero-order valence-corrected chi connectivity index (χ0v) is 11.7. The highest BCUT2D eigenvalue weighted by molar-refractivity contribution is 5.73. The number of nitrogens with zero attached hydrogens (tertiary/aromatic N) is 2. The quantitative estimate of drug-likeness (QED) is 0.918. The van der Waals surface area contributed by atoms with Crippen LogP contribution in [0.2, 0.25) is 0 Å². The van der Waals surface area contributed by atoms with Gasteiger partial charge in [-0.2, -0.15) is 0 Å². The Morgan fingerprint density at radius 3 is 2.42 bits per heavy atom. The van der Waals surface area contributed by atoms with Crippen molar-refractivity contribution in [3.63, 3.8) is 0 Å². The summed E-state index contributed by atoms with van der Waals surface area (Å²) in [7, 11) is 3.22. The fourth-order valence-electron chi connectivity index (χ4n) is 2.18. The van der Waals surface area contributed by atoms with E-state index >= 15 is 0 Å². The van der Waals surface area contributed by atoms with Crippen molar-refractivity contribution in [1.29, 1.82) is 0 Å². The maximum Gasteiger partial charge on any atom is 0.161 e. The van der Waals surface area contributed by atoms with Crippen molar-refractivity contribution in [2.24, 2.45) is 0 Å². The molecule has 0 saturated carbocycles. The smallest absolute Gasteiger partial charge is 0.161 e. The van der Waals surface area contributed by atoms with Gasteiger partial charge in [-0.05, 0) is 32.0 Å². The molecule has 1 aromatic heterocycles. The topological polar surface area (TPSA) is 62.3 Å². The van der Waals surface area contributed by atoms with Crippen LogP contribution in [0.25, 0.3) is 11.3 Å². The van der Waals surface area contributed by atoms with Crippen molar-refractivity contribution >= 4 is 5.82 Å². The molecule has 1 aromatic carbocycles. The minimum atomic E-state index is 0.670. The fraction of sp³-hybridized carbons (Fsp3) is 0.357. The molecular weight excluding hydrogens is 242 g/mol. The van der Waals surface area contributed by atoms with Gasteiger partial charge in [0.1, 0.15) is 17.3 Å². The van der Waals surface area contributed by atoms with Crippen molar-refractivity contribution in [2.75, 3.05) is 20.0 Å². The first-order valence-electron chi connectivity index (χ1n) is 6.17. The second kappa shape index (κ2) is 5.22. The molecule has 1 heterocycles. The Bertz CT molecular complexity index is 591. The zero-order chi connectivity index (χ0) is 14.0. The molecule has 0 aliphatic carbocycles. The standard InChI is InChI=1S/C14H19N3O2/c1-5-17-9(2)16-13(14(17)15)10-6-7-11(18-3)12(8-10)19-4/h6-8H,5,15H2,1-4H3. The van der Waals surface area contributed by atoms with Crippen LogP contribution in [0.1, 0.15) is 12.7 Å². The molecule has 0 aliphatic rings. The van der Waals surface area contributed by atoms with Crippen molar-refractivity contribution < 1.29 is 9.47 Å². The molecule has 0 fully saturated rings. The van der Waals surface area contributed by atoms with E-state index in [1.54, 1.807) is 14.2 Å². The highest BCUT2D eigenvalue weighted by Crippen LogP contribution is 2.34. The van der Waals surface area contributed by atoms with Gasteiger partial charge in [0.15, 0.2) is 11.5 Å². The molecule has 5 heteroatoms. The molecule has 5 nitrogen and oxygen atoms in total. The van der Waals surface area contributed by atoms with Gasteiger partial charge in [0.25, 0.3) is 0 Å². The highest BCUT2D eigenvalue weighted by Gasteiger charge is 2.14. The van der Waals surface area contributed by atoms with Gasteiger partial charge < -0.3 is 19.8 Å². The predicted molar refractivity (Wildman–Crippen MR) is 75.6 cm³/mol. The normalized spacial score (nSPS) is 10.5. The van der Waals surface area contributed by atoms with E-state index in [0.29, 0.717) is 17.3 Å². The van der Waals surface area contributed by atoms with Crippen LogP contribution in [0.3, 0.4) is 0 Å². The zero-order valence-electron chi connectivity index (χ0n) is 11.7. The van der Waals surface area contributed by atoms with E-state index in [9.17, 15) is 0 Å². The molecule has 0 amide bonds. The third kappa shape index (κ3) is 2.23. The van der Waals surface area contributed by atoms with Crippen molar-refractivity contribution in [1.82, 2.24) is 9.55 Å². The van der Waals surface area contributed by atoms with Crippen LogP contribution in [-0.4, -0.2) is 23.8 Å². The molecule has 0 aliphatic heterocycles. The number of hydrogen-bond acceptors (Lipinski definition) is 4. The SMILES string of the molecule is CCn1c(C)nc(-c2ccc(OC)c(OC)c2)c1N. The van der Waals surface area contributed by atoms with Crippen LogP contribution in [0.15, 0.2) is 18.2 Å². The second-order valence-corrected chi connectivity index (χ2v) is 4.21. The minimum Gasteiger partial charge on any atom is -0.493 e. The van der Waals surface area contributed by atoms with Gasteiger partial charge in [-0.25, -0.2) is 4.98 Å². The number of imidazole rings is 1. The summed E-state index contributed by atoms with van der Waals surface area (Å²) >= 11 is 0. The average Bonchev–Trinajstić information content (AvgIpc) is 2.72. The Morgan fingerprint density at radius 1 is 1.21 bits per heavy atom. The first kappa shape index (κ1) is 13.3. The number of ether oxygens (including phenoxy) is 2. The summed E-state index contributed by atoms with van der Waals surface area (Å²) < 4.78 is 12.5. The van der Waals surface area contributed by atoms with Gasteiger partial charge >= 0.3 is 0 Å². The van der Waals surface area contributed by atoms with E-state index in [0.717, 1.165) is 23.6 Å². The number of methoxy groups -OCH3 is 2. The van der Waals surface area contributed by atoms with Crippen LogP contribution < -0.4 is 15.2 Å². The molecule has 0 spiro atoms. The van der Waals surface area contributed by atoms with E-state index in [-0.39, 0.29) is 0 Å². The first-order chi connectivity index (χ1) is 9.12. The lowest BCUT2D eigenvalue weighted by Crippen LogP contribution is -2.02. The summed E-state index contributed by atoms with van der Waals surface area (Å²) in [6.07, 6.45) is 0. The second-order valence-electron chi connectivity index (χ2n) is 4.21. The molecule has 2 rings (SSSR count). The number of nitrogens with two attached hydrogens (primary N) is 1. The fourth-order valence-corrected chi connectivity index (χ4v) is 2.18. The van der Waals surface area contributed by atoms with E-state index < -0.39 is 0 Å². The number of anilines is 1. The Morgan fingerprint density at radius 2 is 1.89 bits per heavy atom. The molecule has 19 heavy (non-hydrogen) atoms. The number of benzene rings is 1. The summed E-state index contributed by atoms with van der Waals surface area (Å²) in [5.41, 5.74) is 7.84. The lowest BCUT2D eigenvalue weighted by atomic mass is 10.1. The molecule has 0 unspecified atom stereocenters. The first-order valence-corrected chi connectivity index (χ1v) is 6.17. The Kier molecular flexibility index (Phi) is 3.64. The monoisotopic (exact) mass is 261 g/mol. The van der Waals surface area contributed by atoms with Gasteiger partial charge in [-0.3, -0.25) is 0 Å². The van der Waals surface area contributed by atoms with E-state index in [1.807, 2.05) is 36.6 Å². The van der Waals surface area contributed by atoms with Gasteiger partial charge in [0.05, 0.1) is 14.2 Å². The number of aryl methyl sites for hydroxylation is 1. The van der Waals surface area contributed by atoms with Gasteiger partial charge in [-0.15, -0.1) is 0 Å². The van der Waals surface area contributed by atoms with E-state index in [1.165, 1.54) is 0 Å². The maximum absolute atomic E-state index is 6.14. The molecule has 0 atom stereocenters. The van der Waals surface area contributed by atoms with Crippen LogP contribution in [0, 0.1) is 6.92 Å². The number of aromatic nitrogens is 2. The molecule has 2 N–H and O–H groups in total. The number of hydrogen-bond donors (Lipinski definition) is 1. The number of rotatable bonds is 4. The third-order valence-corrected chi connectivity index (χ3v) is 3.17. The van der Waals surface area contributed by atoms with Gasteiger partial charge in [0.2, 0.25) is 0 Å². The summed E-state index contributed by atoms with van der Waals surface area (Å²) in [6, 6.07) is 5.67. The predicted octanol–water partition coefficient (Wildman–Crippen LogP) is 2.48. The largest absolute Gasteiger partial charge is 0.493 e. The molecule has 0 saturated heterocycles. The van der Waals surface area contributed by atoms with Crippen molar-refractivity contribution in [2.45, 2.75) is 20.4 Å². The van der Waals surface area contributed by atoms with Crippen LogP contribution >= 0.6 is 0 Å². The summed E-state index contributed by atoms with van der Waals surface area (Å²) in [6.45, 7) is 4.80. The summed E-state index contributed by atoms with van der Waals surface area (Å²) in [4.78, 5) is 4.52. The van der Waals surface area contributed by atoms with Crippen molar-refractivity contribution in [3.8, 4) is 22.8 Å². The lowest BCUT2D eigenvalue weighted by molar-refractivity contribution is 0.355. The number of nitrogen functional groups attached to an aromatic ring is 1. The third-order valence-electron chi connectivity index (χ3n) is 3.17. The molecule has 2 aromatic rings. The molecular formula is C14H19N3O2. The highest BCUT2D eigenvalue weighted by atomic mass is 16.5. The van der Waals surface area contributed by atoms with Crippen LogP contribution in [0.4, 0.5) is 5.82 Å². The van der Waals surface area contributed by atoms with Crippen molar-refractivity contribution in [3.05, 3.63) is 24.0 Å². The Balaban J connectivity index is 2.53.